The van der Waals surface area contributed by atoms with Gasteiger partial charge in [0.1, 0.15) is 17.2 Å². The van der Waals surface area contributed by atoms with E-state index in [1.807, 2.05) is 49.4 Å². The monoisotopic (exact) mass is 918 g/mol. The highest BCUT2D eigenvalue weighted by molar-refractivity contribution is 5.96. The molecular weight excluding hydrogens is 853 g/mol. The van der Waals surface area contributed by atoms with Crippen LogP contribution in [0.25, 0.3) is 10.8 Å². The first-order chi connectivity index (χ1) is 32.6. The standard InChI is InChI=1S/C55H66O12/c1-6-52(56)63-34-18-12-9-15-31-60-47-27-26-44-39-46(25-24-45(44)40-47)55(59)67-48-28-30-49(41(4)37-48)66-42(5)21-22-43-23-29-50(61-32-16-10-13-19-35-64-53(57)7-2)51(38-43)62-33-17-11-14-20-36-65-54(58)8-3/h6-8,23-30,37-40H,1-3,5,9-22,31-36H2,4H3. The van der Waals surface area contributed by atoms with Crippen molar-refractivity contribution < 1.29 is 57.1 Å². The zero-order valence-corrected chi connectivity index (χ0v) is 39.0. The molecule has 0 bridgehead atoms. The molecule has 67 heavy (non-hydrogen) atoms. The summed E-state index contributed by atoms with van der Waals surface area (Å²) in [7, 11) is 0. The quantitative estimate of drug-likeness (QED) is 0.0110. The first kappa shape index (κ1) is 52.8. The topological polar surface area (TPSA) is 142 Å². The summed E-state index contributed by atoms with van der Waals surface area (Å²) in [5, 5.41) is 1.84. The number of carbonyl (C=O) groups excluding carboxylic acids is 4. The Morgan fingerprint density at radius 2 is 0.970 bits per heavy atom. The normalized spacial score (nSPS) is 10.6. The summed E-state index contributed by atoms with van der Waals surface area (Å²) in [6, 6.07) is 22.4. The molecule has 0 fully saturated rings. The Balaban J connectivity index is 1.23. The van der Waals surface area contributed by atoms with Gasteiger partial charge in [-0.05, 0) is 167 Å². The molecule has 0 saturated carbocycles. The minimum Gasteiger partial charge on any atom is -0.494 e. The van der Waals surface area contributed by atoms with Crippen LogP contribution in [0.5, 0.6) is 28.7 Å². The number of hydrogen-bond acceptors (Lipinski definition) is 12. The fraction of sp³-hybridized carbons (Fsp3) is 0.382. The predicted molar refractivity (Wildman–Crippen MR) is 260 cm³/mol. The van der Waals surface area contributed by atoms with Crippen molar-refractivity contribution >= 4 is 34.6 Å². The average Bonchev–Trinajstić information content (AvgIpc) is 3.33. The molecule has 4 aromatic carbocycles. The Hall–Kier alpha value is -6.82. The zero-order valence-electron chi connectivity index (χ0n) is 39.0. The molecule has 0 N–H and O–H groups in total. The molecule has 12 nitrogen and oxygen atoms in total. The average molecular weight is 919 g/mol. The number of fused-ring (bicyclic) bond motifs is 1. The highest BCUT2D eigenvalue weighted by atomic mass is 16.5. The maximum absolute atomic E-state index is 13.2. The van der Waals surface area contributed by atoms with Gasteiger partial charge in [-0.25, -0.2) is 19.2 Å². The van der Waals surface area contributed by atoms with Gasteiger partial charge in [0.15, 0.2) is 11.5 Å². The molecule has 0 aliphatic carbocycles. The van der Waals surface area contributed by atoms with Crippen LogP contribution < -0.4 is 23.7 Å². The third-order valence-electron chi connectivity index (χ3n) is 10.5. The third-order valence-corrected chi connectivity index (χ3v) is 10.5. The van der Waals surface area contributed by atoms with Crippen LogP contribution in [0.2, 0.25) is 0 Å². The maximum Gasteiger partial charge on any atom is 0.343 e. The molecule has 0 amide bonds. The minimum atomic E-state index is -0.469. The van der Waals surface area contributed by atoms with Gasteiger partial charge < -0.3 is 37.9 Å². The lowest BCUT2D eigenvalue weighted by Crippen LogP contribution is -2.08. The van der Waals surface area contributed by atoms with Crippen molar-refractivity contribution in [3.63, 3.8) is 0 Å². The van der Waals surface area contributed by atoms with Crippen molar-refractivity contribution in [2.75, 3.05) is 39.6 Å². The van der Waals surface area contributed by atoms with E-state index in [0.29, 0.717) is 86.8 Å². The van der Waals surface area contributed by atoms with E-state index in [4.69, 9.17) is 37.9 Å². The van der Waals surface area contributed by atoms with Gasteiger partial charge in [-0.15, -0.1) is 0 Å². The number of esters is 4. The molecule has 0 atom stereocenters. The summed E-state index contributed by atoms with van der Waals surface area (Å²) in [5.74, 6) is 2.02. The van der Waals surface area contributed by atoms with Crippen LogP contribution in [-0.2, 0) is 35.0 Å². The molecule has 0 saturated heterocycles. The molecule has 0 aromatic heterocycles. The van der Waals surface area contributed by atoms with Crippen molar-refractivity contribution in [3.05, 3.63) is 140 Å². The van der Waals surface area contributed by atoms with E-state index in [1.54, 1.807) is 30.3 Å². The summed E-state index contributed by atoms with van der Waals surface area (Å²) in [4.78, 5) is 46.8. The van der Waals surface area contributed by atoms with Crippen molar-refractivity contribution in [1.82, 2.24) is 0 Å². The SMILES string of the molecule is C=CC(=O)OCCCCCCOc1ccc2cc(C(=O)Oc3ccc(OC(=C)CCc4ccc(OCCCCCCOC(=O)C=C)c(OCCCCCCOC(=O)C=C)c4)c(C)c3)ccc2c1. The van der Waals surface area contributed by atoms with Crippen LogP contribution in [0.4, 0.5) is 0 Å². The summed E-state index contributed by atoms with van der Waals surface area (Å²) < 4.78 is 45.4. The van der Waals surface area contributed by atoms with Gasteiger partial charge in [0.2, 0.25) is 0 Å². The predicted octanol–water partition coefficient (Wildman–Crippen LogP) is 11.9. The fourth-order valence-electron chi connectivity index (χ4n) is 6.76. The van der Waals surface area contributed by atoms with E-state index in [1.165, 1.54) is 18.2 Å². The molecule has 0 radical (unpaired) electrons. The van der Waals surface area contributed by atoms with Gasteiger partial charge in [-0.2, -0.15) is 0 Å². The molecule has 358 valence electrons. The Labute approximate surface area is 395 Å². The number of carbonyl (C=O) groups is 4. The maximum atomic E-state index is 13.2. The molecule has 0 unspecified atom stereocenters. The van der Waals surface area contributed by atoms with Gasteiger partial charge in [0, 0.05) is 24.6 Å². The van der Waals surface area contributed by atoms with Crippen molar-refractivity contribution in [3.8, 4) is 28.7 Å². The van der Waals surface area contributed by atoms with E-state index in [-0.39, 0.29) is 0 Å². The lowest BCUT2D eigenvalue weighted by atomic mass is 10.1. The highest BCUT2D eigenvalue weighted by Gasteiger charge is 2.14. The summed E-state index contributed by atoms with van der Waals surface area (Å²) in [5.41, 5.74) is 2.26. The van der Waals surface area contributed by atoms with Crippen LogP contribution in [-0.4, -0.2) is 63.5 Å². The van der Waals surface area contributed by atoms with E-state index < -0.39 is 23.9 Å². The summed E-state index contributed by atoms with van der Waals surface area (Å²) in [6.45, 7) is 19.0. The van der Waals surface area contributed by atoms with Crippen LogP contribution in [0, 0.1) is 6.92 Å². The van der Waals surface area contributed by atoms with E-state index >= 15 is 0 Å². The molecule has 0 spiro atoms. The van der Waals surface area contributed by atoms with Crippen LogP contribution >= 0.6 is 0 Å². The molecule has 0 aliphatic heterocycles. The molecule has 0 heterocycles. The number of ether oxygens (including phenoxy) is 8. The molecule has 0 aliphatic rings. The van der Waals surface area contributed by atoms with Crippen molar-refractivity contribution in [2.24, 2.45) is 0 Å². The minimum absolute atomic E-state index is 0.373. The largest absolute Gasteiger partial charge is 0.494 e. The van der Waals surface area contributed by atoms with Crippen LogP contribution in [0.15, 0.2) is 123 Å². The van der Waals surface area contributed by atoms with Gasteiger partial charge in [-0.3, -0.25) is 0 Å². The number of unbranched alkanes of at least 4 members (excludes halogenated alkanes) is 9. The first-order valence-corrected chi connectivity index (χ1v) is 23.2. The Bertz CT molecular complexity index is 2260. The van der Waals surface area contributed by atoms with Gasteiger partial charge in [0.25, 0.3) is 0 Å². The Morgan fingerprint density at radius 1 is 0.478 bits per heavy atom. The van der Waals surface area contributed by atoms with E-state index in [9.17, 15) is 19.2 Å². The number of rotatable bonds is 34. The second kappa shape index (κ2) is 30.4. The van der Waals surface area contributed by atoms with Crippen molar-refractivity contribution in [2.45, 2.75) is 96.8 Å². The van der Waals surface area contributed by atoms with Crippen LogP contribution in [0.1, 0.15) is 105 Å². The lowest BCUT2D eigenvalue weighted by Gasteiger charge is -2.15. The Morgan fingerprint density at radius 3 is 1.54 bits per heavy atom. The zero-order chi connectivity index (χ0) is 48.1. The van der Waals surface area contributed by atoms with Crippen LogP contribution in [0.3, 0.4) is 0 Å². The molecule has 4 rings (SSSR count). The van der Waals surface area contributed by atoms with E-state index in [0.717, 1.165) is 105 Å². The number of allylic oxidation sites excluding steroid dienone is 1. The third kappa shape index (κ3) is 20.5. The first-order valence-electron chi connectivity index (χ1n) is 23.2. The van der Waals surface area contributed by atoms with Gasteiger partial charge >= 0.3 is 23.9 Å². The highest BCUT2D eigenvalue weighted by Crippen LogP contribution is 2.31. The Kier molecular flexibility index (Phi) is 24.0. The second-order valence-corrected chi connectivity index (χ2v) is 15.9. The number of hydrogen-bond donors (Lipinski definition) is 0. The van der Waals surface area contributed by atoms with Gasteiger partial charge in [0.05, 0.1) is 51.0 Å². The summed E-state index contributed by atoms with van der Waals surface area (Å²) in [6.07, 6.45) is 15.3. The molecule has 4 aromatic rings. The fourth-order valence-corrected chi connectivity index (χ4v) is 6.76. The smallest absolute Gasteiger partial charge is 0.343 e. The molecular formula is C55H66O12. The molecule has 12 heteroatoms. The summed E-state index contributed by atoms with van der Waals surface area (Å²) >= 11 is 0. The second-order valence-electron chi connectivity index (χ2n) is 15.9. The van der Waals surface area contributed by atoms with E-state index in [2.05, 4.69) is 26.3 Å². The number of aryl methyl sites for hydroxylation is 2. The lowest BCUT2D eigenvalue weighted by molar-refractivity contribution is -0.138. The van der Waals surface area contributed by atoms with Crippen molar-refractivity contribution in [1.29, 1.82) is 0 Å². The number of benzene rings is 4. The van der Waals surface area contributed by atoms with Gasteiger partial charge in [-0.1, -0.05) is 44.5 Å².